The largest absolute Gasteiger partial charge is 0.484 e. The van der Waals surface area contributed by atoms with Gasteiger partial charge in [0.25, 0.3) is 0 Å². The van der Waals surface area contributed by atoms with Crippen LogP contribution in [-0.4, -0.2) is 66.5 Å². The Morgan fingerprint density at radius 3 is 2.64 bits per heavy atom. The lowest BCUT2D eigenvalue weighted by molar-refractivity contribution is -0.233. The molecule has 150 valence electrons. The average Bonchev–Trinajstić information content (AvgIpc) is 2.97. The number of hydrogen-bond acceptors (Lipinski definition) is 5. The molecule has 0 aromatic heterocycles. The Morgan fingerprint density at radius 1 is 1.21 bits per heavy atom. The lowest BCUT2D eigenvalue weighted by Gasteiger charge is -2.44. The molecule has 0 bridgehead atoms. The van der Waals surface area contributed by atoms with Crippen LogP contribution < -0.4 is 0 Å². The zero-order valence-electron chi connectivity index (χ0n) is 15.8. The Kier molecular flexibility index (Phi) is 5.00. The summed E-state index contributed by atoms with van der Waals surface area (Å²) in [5.41, 5.74) is 2.47. The van der Waals surface area contributed by atoms with Gasteiger partial charge in [0.2, 0.25) is 0 Å². The third-order valence-electron chi connectivity index (χ3n) is 6.08. The van der Waals surface area contributed by atoms with Crippen molar-refractivity contribution < 1.29 is 13.2 Å². The molecule has 0 aromatic rings. The van der Waals surface area contributed by atoms with Gasteiger partial charge >= 0.3 is 6.30 Å². The van der Waals surface area contributed by atoms with E-state index in [1.54, 1.807) is 23.9 Å². The highest BCUT2D eigenvalue weighted by molar-refractivity contribution is 8.02. The molecule has 0 saturated carbocycles. The number of hydrogen-bond donors (Lipinski definition) is 0. The number of piperazine rings is 1. The minimum absolute atomic E-state index is 0.169. The number of halogens is 3. The summed E-state index contributed by atoms with van der Waals surface area (Å²) in [6, 6.07) is 2.06. The van der Waals surface area contributed by atoms with Crippen LogP contribution in [0.4, 0.5) is 13.2 Å². The van der Waals surface area contributed by atoms with Gasteiger partial charge in [-0.3, -0.25) is 4.90 Å². The van der Waals surface area contributed by atoms with Crippen molar-refractivity contribution in [2.24, 2.45) is 5.41 Å². The summed E-state index contributed by atoms with van der Waals surface area (Å²) in [4.78, 5) is 5.08. The highest BCUT2D eigenvalue weighted by Crippen LogP contribution is 2.58. The van der Waals surface area contributed by atoms with Crippen LogP contribution in [0.15, 0.2) is 46.2 Å². The van der Waals surface area contributed by atoms with Crippen LogP contribution in [0.25, 0.3) is 0 Å². The molecule has 3 heterocycles. The molecular weight excluding hydrogens is 385 g/mol. The van der Waals surface area contributed by atoms with E-state index >= 15 is 0 Å². The second-order valence-corrected chi connectivity index (χ2v) is 8.64. The molecule has 8 heteroatoms. The van der Waals surface area contributed by atoms with Crippen molar-refractivity contribution in [3.05, 3.63) is 46.2 Å². The van der Waals surface area contributed by atoms with Gasteiger partial charge in [-0.2, -0.15) is 18.4 Å². The second-order valence-electron chi connectivity index (χ2n) is 7.78. The van der Waals surface area contributed by atoms with E-state index in [1.807, 2.05) is 5.41 Å². The molecule has 28 heavy (non-hydrogen) atoms. The highest BCUT2D eigenvalue weighted by Gasteiger charge is 2.53. The van der Waals surface area contributed by atoms with E-state index in [0.29, 0.717) is 29.2 Å². The van der Waals surface area contributed by atoms with Gasteiger partial charge in [-0.15, -0.1) is 11.8 Å². The zero-order valence-corrected chi connectivity index (χ0v) is 16.6. The van der Waals surface area contributed by atoms with E-state index in [1.165, 1.54) is 6.08 Å². The summed E-state index contributed by atoms with van der Waals surface area (Å²) in [5.74, 6) is 0.578. The summed E-state index contributed by atoms with van der Waals surface area (Å²) in [7, 11) is 2.07. The van der Waals surface area contributed by atoms with Gasteiger partial charge in [-0.25, -0.2) is 0 Å². The van der Waals surface area contributed by atoms with Crippen molar-refractivity contribution in [1.29, 1.82) is 5.26 Å². The van der Waals surface area contributed by atoms with E-state index in [2.05, 4.69) is 22.9 Å². The lowest BCUT2D eigenvalue weighted by Crippen LogP contribution is -2.46. The fourth-order valence-electron chi connectivity index (χ4n) is 4.64. The second kappa shape index (κ2) is 7.20. The van der Waals surface area contributed by atoms with E-state index in [0.717, 1.165) is 43.0 Å². The maximum Gasteiger partial charge on any atom is 0.484 e. The quantitative estimate of drug-likeness (QED) is 0.488. The predicted octanol–water partition coefficient (Wildman–Crippen LogP) is 3.70. The third-order valence-corrected chi connectivity index (χ3v) is 7.14. The molecule has 0 N–H and O–H groups in total. The fourth-order valence-corrected chi connectivity index (χ4v) is 5.92. The van der Waals surface area contributed by atoms with Crippen molar-refractivity contribution >= 4 is 11.8 Å². The smallest absolute Gasteiger partial charge is 0.369 e. The highest BCUT2D eigenvalue weighted by atomic mass is 32.2. The van der Waals surface area contributed by atoms with Gasteiger partial charge in [0.15, 0.2) is 0 Å². The molecular formula is C20H23F3N4S. The number of alkyl halides is 3. The number of nitriles is 1. The summed E-state index contributed by atoms with van der Waals surface area (Å²) in [6.07, 6.45) is 1.40. The lowest BCUT2D eigenvalue weighted by atomic mass is 9.69. The van der Waals surface area contributed by atoms with Crippen LogP contribution in [0, 0.1) is 16.7 Å². The molecule has 1 aliphatic carbocycles. The van der Waals surface area contributed by atoms with Crippen LogP contribution in [0.5, 0.6) is 0 Å². The molecule has 0 amide bonds. The Balaban J connectivity index is 1.80. The summed E-state index contributed by atoms with van der Waals surface area (Å²) < 4.78 is 41.9. The van der Waals surface area contributed by atoms with Crippen LogP contribution in [-0.2, 0) is 0 Å². The van der Waals surface area contributed by atoms with Crippen molar-refractivity contribution in [3.63, 3.8) is 0 Å². The van der Waals surface area contributed by atoms with E-state index in [-0.39, 0.29) is 6.54 Å². The summed E-state index contributed by atoms with van der Waals surface area (Å²) in [5, 5.41) is 11.1. The maximum atomic E-state index is 14.0. The molecule has 1 spiro atoms. The molecule has 4 nitrogen and oxygen atoms in total. The average molecular weight is 408 g/mol. The van der Waals surface area contributed by atoms with Gasteiger partial charge in [-0.1, -0.05) is 11.6 Å². The Labute approximate surface area is 167 Å². The number of allylic oxidation sites excluding steroid dienone is 5. The van der Waals surface area contributed by atoms with Crippen molar-refractivity contribution in [1.82, 2.24) is 14.7 Å². The SMILES string of the molecule is CN1CCN(C2=CCN(C(F)(F)F)C3=CCC(=CC#N)CC34CSC=C24)CC1. The van der Waals surface area contributed by atoms with E-state index < -0.39 is 11.7 Å². The van der Waals surface area contributed by atoms with E-state index in [4.69, 9.17) is 5.26 Å². The van der Waals surface area contributed by atoms with Crippen molar-refractivity contribution in [2.45, 2.75) is 19.1 Å². The molecule has 1 atom stereocenters. The topological polar surface area (TPSA) is 33.5 Å². The number of likely N-dealkylation sites (N-methyl/N-ethyl adjacent to an activating group) is 1. The molecule has 1 unspecified atom stereocenters. The number of nitrogens with zero attached hydrogens (tertiary/aromatic N) is 4. The molecule has 0 aromatic carbocycles. The van der Waals surface area contributed by atoms with Crippen LogP contribution in [0.2, 0.25) is 0 Å². The van der Waals surface area contributed by atoms with Gasteiger partial charge in [0.05, 0.1) is 11.5 Å². The fraction of sp³-hybridized carbons (Fsp3) is 0.550. The normalized spacial score (nSPS) is 30.1. The molecule has 1 fully saturated rings. The first-order chi connectivity index (χ1) is 13.3. The molecule has 4 aliphatic rings. The maximum absolute atomic E-state index is 14.0. The zero-order chi connectivity index (χ0) is 19.9. The van der Waals surface area contributed by atoms with Gasteiger partial charge in [-0.05, 0) is 36.9 Å². The van der Waals surface area contributed by atoms with Crippen molar-refractivity contribution in [2.75, 3.05) is 45.5 Å². The van der Waals surface area contributed by atoms with Crippen LogP contribution in [0.3, 0.4) is 0 Å². The number of rotatable bonds is 1. The Bertz CT molecular complexity index is 812. The first kappa shape index (κ1) is 19.5. The van der Waals surface area contributed by atoms with Crippen LogP contribution >= 0.6 is 11.8 Å². The standard InChI is InChI=1S/C20H23F3N4S/c1-25-8-10-26(11-9-25)17-5-7-27(20(21,22)23)18-3-2-15(4-6-24)12-19(18)14-28-13-16(17)19/h3-5,13H,2,7-12,14H2,1H3. The van der Waals surface area contributed by atoms with Crippen molar-refractivity contribution in [3.8, 4) is 6.07 Å². The molecule has 4 rings (SSSR count). The predicted molar refractivity (Wildman–Crippen MR) is 104 cm³/mol. The van der Waals surface area contributed by atoms with Gasteiger partial charge in [0, 0.05) is 55.9 Å². The number of thioether (sulfide) groups is 1. The Hall–Kier alpha value is -1.85. The van der Waals surface area contributed by atoms with Gasteiger partial charge in [0.1, 0.15) is 0 Å². The van der Waals surface area contributed by atoms with Crippen LogP contribution in [0.1, 0.15) is 12.8 Å². The Morgan fingerprint density at radius 2 is 1.96 bits per heavy atom. The molecule has 0 radical (unpaired) electrons. The van der Waals surface area contributed by atoms with Gasteiger partial charge < -0.3 is 9.80 Å². The van der Waals surface area contributed by atoms with E-state index in [9.17, 15) is 13.2 Å². The molecule has 3 aliphatic heterocycles. The minimum atomic E-state index is -4.43. The summed E-state index contributed by atoms with van der Waals surface area (Å²) >= 11 is 1.58. The third kappa shape index (κ3) is 3.25. The first-order valence-corrected chi connectivity index (χ1v) is 10.5. The summed E-state index contributed by atoms with van der Waals surface area (Å²) in [6.45, 7) is 3.25. The minimum Gasteiger partial charge on any atom is -0.369 e. The monoisotopic (exact) mass is 408 g/mol. The molecule has 1 saturated heterocycles. The first-order valence-electron chi connectivity index (χ1n) is 9.44.